The molecule has 0 aromatic heterocycles. The second kappa shape index (κ2) is 6.89. The maximum Gasteiger partial charge on any atom is 0.225 e. The zero-order chi connectivity index (χ0) is 14.5. The van der Waals surface area contributed by atoms with Crippen molar-refractivity contribution in [3.63, 3.8) is 0 Å². The standard InChI is InChI=1S/C17H26N2O/c1-4-14(2)17(20)19-11-9-18(10-12-19)13-16-8-6-5-7-15(16)3/h5-8,14H,4,9-13H2,1-3H3. The van der Waals surface area contributed by atoms with Gasteiger partial charge < -0.3 is 4.90 Å². The Morgan fingerprint density at radius 1 is 1.20 bits per heavy atom. The fraction of sp³-hybridized carbons (Fsp3) is 0.588. The molecule has 3 nitrogen and oxygen atoms in total. The first-order valence-electron chi connectivity index (χ1n) is 7.67. The van der Waals surface area contributed by atoms with E-state index in [1.165, 1.54) is 11.1 Å². The third kappa shape index (κ3) is 3.60. The highest BCUT2D eigenvalue weighted by molar-refractivity contribution is 5.78. The lowest BCUT2D eigenvalue weighted by molar-refractivity contribution is -0.136. The molecule has 1 amide bonds. The van der Waals surface area contributed by atoms with Gasteiger partial charge in [-0.05, 0) is 24.5 Å². The van der Waals surface area contributed by atoms with E-state index in [0.717, 1.165) is 39.1 Å². The average Bonchev–Trinajstić information content (AvgIpc) is 2.49. The van der Waals surface area contributed by atoms with E-state index >= 15 is 0 Å². The van der Waals surface area contributed by atoms with Crippen molar-refractivity contribution in [1.29, 1.82) is 0 Å². The highest BCUT2D eigenvalue weighted by Crippen LogP contribution is 2.14. The molecule has 0 radical (unpaired) electrons. The smallest absolute Gasteiger partial charge is 0.225 e. The summed E-state index contributed by atoms with van der Waals surface area (Å²) in [6.07, 6.45) is 0.933. The van der Waals surface area contributed by atoms with Crippen molar-refractivity contribution in [1.82, 2.24) is 9.80 Å². The minimum atomic E-state index is 0.165. The third-order valence-electron chi connectivity index (χ3n) is 4.37. The fourth-order valence-corrected chi connectivity index (χ4v) is 2.64. The van der Waals surface area contributed by atoms with Crippen LogP contribution < -0.4 is 0 Å². The van der Waals surface area contributed by atoms with E-state index in [-0.39, 0.29) is 5.92 Å². The van der Waals surface area contributed by atoms with Crippen molar-refractivity contribution in [2.24, 2.45) is 5.92 Å². The van der Waals surface area contributed by atoms with E-state index in [9.17, 15) is 4.79 Å². The van der Waals surface area contributed by atoms with E-state index in [1.807, 2.05) is 11.8 Å². The summed E-state index contributed by atoms with van der Waals surface area (Å²) < 4.78 is 0. The zero-order valence-electron chi connectivity index (χ0n) is 12.9. The zero-order valence-corrected chi connectivity index (χ0v) is 12.9. The minimum absolute atomic E-state index is 0.165. The lowest BCUT2D eigenvalue weighted by atomic mass is 10.1. The van der Waals surface area contributed by atoms with Crippen LogP contribution in [-0.4, -0.2) is 41.9 Å². The van der Waals surface area contributed by atoms with Gasteiger partial charge in [0.15, 0.2) is 0 Å². The molecule has 0 aliphatic carbocycles. The molecular formula is C17H26N2O. The number of amides is 1. The van der Waals surface area contributed by atoms with Crippen molar-refractivity contribution >= 4 is 5.91 Å². The topological polar surface area (TPSA) is 23.6 Å². The molecule has 1 aromatic carbocycles. The summed E-state index contributed by atoms with van der Waals surface area (Å²) in [5.74, 6) is 0.487. The molecule has 1 atom stereocenters. The maximum atomic E-state index is 12.2. The Hall–Kier alpha value is -1.35. The van der Waals surface area contributed by atoms with Crippen molar-refractivity contribution in [2.75, 3.05) is 26.2 Å². The summed E-state index contributed by atoms with van der Waals surface area (Å²) in [4.78, 5) is 16.6. The van der Waals surface area contributed by atoms with Gasteiger partial charge in [-0.2, -0.15) is 0 Å². The summed E-state index contributed by atoms with van der Waals surface area (Å²) in [5, 5.41) is 0. The van der Waals surface area contributed by atoms with Gasteiger partial charge in [-0.3, -0.25) is 9.69 Å². The molecule has 110 valence electrons. The van der Waals surface area contributed by atoms with Gasteiger partial charge in [0, 0.05) is 38.6 Å². The van der Waals surface area contributed by atoms with E-state index in [4.69, 9.17) is 0 Å². The summed E-state index contributed by atoms with van der Waals surface area (Å²) in [6, 6.07) is 8.55. The summed E-state index contributed by atoms with van der Waals surface area (Å²) in [7, 11) is 0. The number of hydrogen-bond donors (Lipinski definition) is 0. The molecule has 0 N–H and O–H groups in total. The van der Waals surface area contributed by atoms with Crippen molar-refractivity contribution in [3.05, 3.63) is 35.4 Å². The molecule has 2 rings (SSSR count). The third-order valence-corrected chi connectivity index (χ3v) is 4.37. The van der Waals surface area contributed by atoms with Crippen LogP contribution in [0, 0.1) is 12.8 Å². The molecule has 1 heterocycles. The first-order valence-corrected chi connectivity index (χ1v) is 7.67. The van der Waals surface area contributed by atoms with Crippen LogP contribution in [0.2, 0.25) is 0 Å². The fourth-order valence-electron chi connectivity index (χ4n) is 2.64. The lowest BCUT2D eigenvalue weighted by Crippen LogP contribution is -2.49. The number of carbonyl (C=O) groups is 1. The van der Waals surface area contributed by atoms with Crippen LogP contribution in [0.4, 0.5) is 0 Å². The predicted octanol–water partition coefficient (Wildman–Crippen LogP) is 2.69. The van der Waals surface area contributed by atoms with Gasteiger partial charge in [0.1, 0.15) is 0 Å². The largest absolute Gasteiger partial charge is 0.340 e. The van der Waals surface area contributed by atoms with Crippen LogP contribution in [0.15, 0.2) is 24.3 Å². The Bertz CT molecular complexity index is 450. The van der Waals surface area contributed by atoms with Gasteiger partial charge in [0.05, 0.1) is 0 Å². The van der Waals surface area contributed by atoms with Crippen LogP contribution in [0.25, 0.3) is 0 Å². The molecule has 1 aliphatic heterocycles. The number of carbonyl (C=O) groups excluding carboxylic acids is 1. The highest BCUT2D eigenvalue weighted by Gasteiger charge is 2.23. The number of benzene rings is 1. The first-order chi connectivity index (χ1) is 9.61. The molecule has 1 fully saturated rings. The van der Waals surface area contributed by atoms with Crippen LogP contribution in [0.5, 0.6) is 0 Å². The second-order valence-corrected chi connectivity index (χ2v) is 5.84. The Kier molecular flexibility index (Phi) is 5.18. The normalized spacial score (nSPS) is 18.1. The maximum absolute atomic E-state index is 12.2. The SMILES string of the molecule is CCC(C)C(=O)N1CCN(Cc2ccccc2C)CC1. The average molecular weight is 274 g/mol. The monoisotopic (exact) mass is 274 g/mol. The number of nitrogens with zero attached hydrogens (tertiary/aromatic N) is 2. The van der Waals surface area contributed by atoms with Crippen molar-refractivity contribution in [3.8, 4) is 0 Å². The Balaban J connectivity index is 1.86. The van der Waals surface area contributed by atoms with Crippen LogP contribution in [0.1, 0.15) is 31.4 Å². The first kappa shape index (κ1) is 15.0. The molecule has 0 saturated carbocycles. The number of aryl methyl sites for hydroxylation is 1. The molecule has 1 aliphatic rings. The molecule has 1 saturated heterocycles. The van der Waals surface area contributed by atoms with Crippen LogP contribution in [0.3, 0.4) is 0 Å². The molecule has 1 unspecified atom stereocenters. The molecule has 3 heteroatoms. The lowest BCUT2D eigenvalue weighted by Gasteiger charge is -2.36. The number of hydrogen-bond acceptors (Lipinski definition) is 2. The second-order valence-electron chi connectivity index (χ2n) is 5.84. The number of rotatable bonds is 4. The van der Waals surface area contributed by atoms with Gasteiger partial charge in [-0.25, -0.2) is 0 Å². The van der Waals surface area contributed by atoms with Gasteiger partial charge in [-0.1, -0.05) is 38.1 Å². The van der Waals surface area contributed by atoms with Gasteiger partial charge in [-0.15, -0.1) is 0 Å². The van der Waals surface area contributed by atoms with Crippen LogP contribution in [-0.2, 0) is 11.3 Å². The molecule has 0 spiro atoms. The Morgan fingerprint density at radius 2 is 1.85 bits per heavy atom. The molecule has 1 aromatic rings. The molecule has 20 heavy (non-hydrogen) atoms. The van der Waals surface area contributed by atoms with E-state index in [0.29, 0.717) is 5.91 Å². The quantitative estimate of drug-likeness (QED) is 0.843. The van der Waals surface area contributed by atoms with Crippen molar-refractivity contribution < 1.29 is 4.79 Å². The predicted molar refractivity (Wildman–Crippen MR) is 82.5 cm³/mol. The van der Waals surface area contributed by atoms with Gasteiger partial charge >= 0.3 is 0 Å². The van der Waals surface area contributed by atoms with Gasteiger partial charge in [0.25, 0.3) is 0 Å². The Labute approximate surface area is 122 Å². The highest BCUT2D eigenvalue weighted by atomic mass is 16.2. The molecular weight excluding hydrogens is 248 g/mol. The van der Waals surface area contributed by atoms with E-state index in [2.05, 4.69) is 43.0 Å². The summed E-state index contributed by atoms with van der Waals surface area (Å²) >= 11 is 0. The van der Waals surface area contributed by atoms with E-state index < -0.39 is 0 Å². The summed E-state index contributed by atoms with van der Waals surface area (Å²) in [5.41, 5.74) is 2.75. The molecule has 0 bridgehead atoms. The summed E-state index contributed by atoms with van der Waals surface area (Å²) in [6.45, 7) is 11.0. The Morgan fingerprint density at radius 3 is 2.45 bits per heavy atom. The van der Waals surface area contributed by atoms with Crippen molar-refractivity contribution in [2.45, 2.75) is 33.7 Å². The minimum Gasteiger partial charge on any atom is -0.340 e. The van der Waals surface area contributed by atoms with E-state index in [1.54, 1.807) is 0 Å². The van der Waals surface area contributed by atoms with Gasteiger partial charge in [0.2, 0.25) is 5.91 Å². The van der Waals surface area contributed by atoms with Crippen LogP contribution >= 0.6 is 0 Å². The number of piperazine rings is 1.